The number of amides is 2. The minimum Gasteiger partial charge on any atom is -0.477 e. The van der Waals surface area contributed by atoms with Gasteiger partial charge in [-0.2, -0.15) is 0 Å². The normalized spacial score (nSPS) is 17.8. The number of carbonyl (C=O) groups is 3. The number of aromatic carboxylic acids is 1. The van der Waals surface area contributed by atoms with Crippen molar-refractivity contribution in [3.05, 3.63) is 30.6 Å². The van der Waals surface area contributed by atoms with Crippen LogP contribution in [-0.2, 0) is 14.2 Å². The zero-order chi connectivity index (χ0) is 27.3. The predicted molar refractivity (Wildman–Crippen MR) is 146 cm³/mol. The molecular formula is C22H29ClIN5O7S. The van der Waals surface area contributed by atoms with Gasteiger partial charge in [0.25, 0.3) is 11.8 Å². The number of carbonyl (C=O) groups excluding carboxylic acids is 2. The Morgan fingerprint density at radius 3 is 2.49 bits per heavy atom. The molecule has 0 bridgehead atoms. The van der Waals surface area contributed by atoms with E-state index in [2.05, 4.69) is 43.2 Å². The zero-order valence-corrected chi connectivity index (χ0v) is 24.5. The van der Waals surface area contributed by atoms with Gasteiger partial charge < -0.3 is 39.8 Å². The highest BCUT2D eigenvalue weighted by Gasteiger charge is 2.34. The van der Waals surface area contributed by atoms with Crippen LogP contribution in [0.25, 0.3) is 0 Å². The standard InChI is InChI=1S/C22H29ClIN5O7S/c1-10-15(24)14(23)16(25-10)19(30)27-12-5-6-29(7-13(12)36-4)22-28-17(18(37-22)21(32)33)20(31)26-11(8-34-2)9-35-3/h11-13,25H,5-9H2,1-4H3,(H,26,31)(H,27,30)(H,32,33)/t12-,13+/m1/s1. The number of anilines is 1. The van der Waals surface area contributed by atoms with Crippen LogP contribution >= 0.6 is 45.5 Å². The van der Waals surface area contributed by atoms with Gasteiger partial charge in [0, 0.05) is 40.1 Å². The summed E-state index contributed by atoms with van der Waals surface area (Å²) in [5.41, 5.74) is 0.922. The largest absolute Gasteiger partial charge is 0.477 e. The van der Waals surface area contributed by atoms with Crippen LogP contribution in [-0.4, -0.2) is 98.7 Å². The average Bonchev–Trinajstić information content (AvgIpc) is 3.42. The number of halogens is 2. The minimum atomic E-state index is -1.25. The Balaban J connectivity index is 1.74. The van der Waals surface area contributed by atoms with Crippen molar-refractivity contribution >= 4 is 68.4 Å². The molecular weight excluding hydrogens is 641 g/mol. The highest BCUT2D eigenvalue weighted by atomic mass is 127. The number of nitrogens with one attached hydrogen (secondary N) is 3. The number of rotatable bonds is 11. The van der Waals surface area contributed by atoms with Crippen molar-refractivity contribution in [1.82, 2.24) is 20.6 Å². The molecule has 0 aromatic carbocycles. The molecule has 0 unspecified atom stereocenters. The van der Waals surface area contributed by atoms with E-state index < -0.39 is 24.0 Å². The van der Waals surface area contributed by atoms with Gasteiger partial charge in [-0.05, 0) is 35.9 Å². The first kappa shape index (κ1) is 29.6. The van der Waals surface area contributed by atoms with Crippen molar-refractivity contribution in [2.75, 3.05) is 52.5 Å². The van der Waals surface area contributed by atoms with Gasteiger partial charge in [0.1, 0.15) is 10.6 Å². The quantitative estimate of drug-likeness (QED) is 0.264. The Bertz CT molecular complexity index is 1140. The van der Waals surface area contributed by atoms with E-state index in [1.807, 2.05) is 11.8 Å². The highest BCUT2D eigenvalue weighted by Crippen LogP contribution is 2.30. The summed E-state index contributed by atoms with van der Waals surface area (Å²) in [5.74, 6) is -2.21. The zero-order valence-electron chi connectivity index (χ0n) is 20.7. The Morgan fingerprint density at radius 1 is 1.27 bits per heavy atom. The van der Waals surface area contributed by atoms with E-state index in [-0.39, 0.29) is 35.7 Å². The molecule has 3 rings (SSSR count). The number of aryl methyl sites for hydroxylation is 1. The van der Waals surface area contributed by atoms with Gasteiger partial charge in [0.15, 0.2) is 10.8 Å². The fourth-order valence-corrected chi connectivity index (χ4v) is 5.61. The number of hydrogen-bond acceptors (Lipinski definition) is 9. The monoisotopic (exact) mass is 669 g/mol. The molecule has 0 spiro atoms. The lowest BCUT2D eigenvalue weighted by molar-refractivity contribution is 0.0540. The number of piperidine rings is 1. The lowest BCUT2D eigenvalue weighted by atomic mass is 10.0. The summed E-state index contributed by atoms with van der Waals surface area (Å²) in [4.78, 5) is 46.6. The number of thiazole rings is 1. The SMILES string of the molecule is COCC(COC)NC(=O)c1nc(N2CC[C@@H](NC(=O)c3[nH]c(C)c(I)c3Cl)[C@@H](OC)C2)sc1C(=O)O. The Kier molecular flexibility index (Phi) is 10.5. The van der Waals surface area contributed by atoms with E-state index in [4.69, 9.17) is 25.8 Å². The average molecular weight is 670 g/mol. The molecule has 4 N–H and O–H groups in total. The van der Waals surface area contributed by atoms with Gasteiger partial charge in [-0.1, -0.05) is 22.9 Å². The second-order valence-corrected chi connectivity index (χ2v) is 10.8. The first-order chi connectivity index (χ1) is 17.6. The maximum Gasteiger partial charge on any atom is 0.348 e. The van der Waals surface area contributed by atoms with Crippen LogP contribution < -0.4 is 15.5 Å². The molecule has 1 aliphatic rings. The Morgan fingerprint density at radius 2 is 1.95 bits per heavy atom. The van der Waals surface area contributed by atoms with Gasteiger partial charge >= 0.3 is 5.97 Å². The first-order valence-corrected chi connectivity index (χ1v) is 13.5. The molecule has 12 nitrogen and oxygen atoms in total. The molecule has 0 aliphatic carbocycles. The van der Waals surface area contributed by atoms with Crippen LogP contribution in [0, 0.1) is 10.5 Å². The molecule has 2 aromatic heterocycles. The van der Waals surface area contributed by atoms with Crippen molar-refractivity contribution in [1.29, 1.82) is 0 Å². The van der Waals surface area contributed by atoms with Crippen molar-refractivity contribution in [3.63, 3.8) is 0 Å². The third-order valence-electron chi connectivity index (χ3n) is 5.83. The molecule has 3 heterocycles. The number of methoxy groups -OCH3 is 3. The minimum absolute atomic E-state index is 0.170. The highest BCUT2D eigenvalue weighted by molar-refractivity contribution is 14.1. The number of nitrogens with zero attached hydrogens (tertiary/aromatic N) is 2. The van der Waals surface area contributed by atoms with Crippen LogP contribution in [0.4, 0.5) is 5.13 Å². The topological polar surface area (TPSA) is 155 Å². The molecule has 204 valence electrons. The second kappa shape index (κ2) is 13.2. The first-order valence-electron chi connectivity index (χ1n) is 11.3. The number of hydrogen-bond donors (Lipinski definition) is 4. The lowest BCUT2D eigenvalue weighted by Gasteiger charge is -2.37. The number of aromatic amines is 1. The molecule has 2 amide bonds. The summed E-state index contributed by atoms with van der Waals surface area (Å²) < 4.78 is 16.6. The maximum atomic E-state index is 12.9. The summed E-state index contributed by atoms with van der Waals surface area (Å²) in [6.45, 7) is 3.02. The van der Waals surface area contributed by atoms with Crippen LogP contribution in [0.2, 0.25) is 5.02 Å². The number of carboxylic acids is 1. The number of ether oxygens (including phenoxy) is 3. The maximum absolute atomic E-state index is 12.9. The molecule has 0 radical (unpaired) electrons. The van der Waals surface area contributed by atoms with Gasteiger partial charge in [0.2, 0.25) is 0 Å². The summed E-state index contributed by atoms with van der Waals surface area (Å²) in [5, 5.41) is 16.1. The van der Waals surface area contributed by atoms with Crippen LogP contribution in [0.3, 0.4) is 0 Å². The predicted octanol–water partition coefficient (Wildman–Crippen LogP) is 2.15. The molecule has 37 heavy (non-hydrogen) atoms. The van der Waals surface area contributed by atoms with Gasteiger partial charge in [-0.3, -0.25) is 9.59 Å². The van der Waals surface area contributed by atoms with Crippen LogP contribution in [0.5, 0.6) is 0 Å². The van der Waals surface area contributed by atoms with Crippen molar-refractivity contribution in [3.8, 4) is 0 Å². The fourth-order valence-electron chi connectivity index (χ4n) is 3.99. The van der Waals surface area contributed by atoms with Crippen molar-refractivity contribution in [2.24, 2.45) is 0 Å². The summed E-state index contributed by atoms with van der Waals surface area (Å²) in [6, 6.07) is -0.775. The molecule has 1 saturated heterocycles. The molecule has 15 heteroatoms. The molecule has 2 aromatic rings. The van der Waals surface area contributed by atoms with Crippen molar-refractivity contribution in [2.45, 2.75) is 31.5 Å². The van der Waals surface area contributed by atoms with E-state index in [1.165, 1.54) is 21.3 Å². The van der Waals surface area contributed by atoms with Crippen LogP contribution in [0.1, 0.15) is 42.8 Å². The third kappa shape index (κ3) is 6.92. The van der Waals surface area contributed by atoms with Crippen LogP contribution in [0.15, 0.2) is 0 Å². The number of aromatic nitrogens is 2. The molecule has 1 aliphatic heterocycles. The van der Waals surface area contributed by atoms with Gasteiger partial charge in [-0.25, -0.2) is 9.78 Å². The molecule has 2 atom stereocenters. The van der Waals surface area contributed by atoms with E-state index in [0.717, 1.165) is 20.6 Å². The van der Waals surface area contributed by atoms with Gasteiger partial charge in [0.05, 0.1) is 40.0 Å². The summed E-state index contributed by atoms with van der Waals surface area (Å²) >= 11 is 9.29. The number of H-pyrrole nitrogens is 1. The van der Waals surface area contributed by atoms with E-state index in [1.54, 1.807) is 0 Å². The smallest absolute Gasteiger partial charge is 0.348 e. The Labute approximate surface area is 236 Å². The third-order valence-corrected chi connectivity index (χ3v) is 8.98. The summed E-state index contributed by atoms with van der Waals surface area (Å²) in [7, 11) is 4.52. The second-order valence-electron chi connectivity index (χ2n) is 8.40. The summed E-state index contributed by atoms with van der Waals surface area (Å²) in [6.07, 6.45) is 0.0974. The Hall–Kier alpha value is -1.98. The fraction of sp³-hybridized carbons (Fsp3) is 0.545. The van der Waals surface area contributed by atoms with E-state index in [9.17, 15) is 19.5 Å². The van der Waals surface area contributed by atoms with E-state index >= 15 is 0 Å². The van der Waals surface area contributed by atoms with Crippen molar-refractivity contribution < 1.29 is 33.7 Å². The molecule has 0 saturated carbocycles. The van der Waals surface area contributed by atoms with E-state index in [0.29, 0.717) is 35.4 Å². The molecule has 1 fully saturated rings. The lowest BCUT2D eigenvalue weighted by Crippen LogP contribution is -2.55. The number of carboxylic acid groups (broad SMARTS) is 1. The van der Waals surface area contributed by atoms with Gasteiger partial charge in [-0.15, -0.1) is 0 Å².